The monoisotopic (exact) mass is 542 g/mol. The van der Waals surface area contributed by atoms with E-state index in [1.807, 2.05) is 4.90 Å². The number of alkyl halides is 3. The minimum Gasteiger partial charge on any atom is -0.482 e. The molecule has 1 aromatic heterocycles. The highest BCUT2D eigenvalue weighted by molar-refractivity contribution is 7.89. The fourth-order valence-electron chi connectivity index (χ4n) is 3.68. The third kappa shape index (κ3) is 7.08. The van der Waals surface area contributed by atoms with Crippen molar-refractivity contribution >= 4 is 10.0 Å². The van der Waals surface area contributed by atoms with Crippen molar-refractivity contribution in [3.8, 4) is 11.5 Å². The Morgan fingerprint density at radius 1 is 0.946 bits per heavy atom. The molecular weight excluding hydrogens is 520 g/mol. The van der Waals surface area contributed by atoms with Crippen LogP contribution in [0.1, 0.15) is 11.3 Å². The number of sulfonamides is 1. The largest absolute Gasteiger partial charge is 0.573 e. The van der Waals surface area contributed by atoms with E-state index in [0.29, 0.717) is 24.4 Å². The first-order valence-corrected chi connectivity index (χ1v) is 12.5. The Labute approximate surface area is 209 Å². The third-order valence-corrected chi connectivity index (χ3v) is 7.48. The van der Waals surface area contributed by atoms with Gasteiger partial charge in [0.2, 0.25) is 21.2 Å². The van der Waals surface area contributed by atoms with Crippen LogP contribution in [0.3, 0.4) is 0 Å². The minimum atomic E-state index is -4.87. The van der Waals surface area contributed by atoms with Gasteiger partial charge in [-0.05, 0) is 42.0 Å². The SMILES string of the molecule is O=c1cc(CN2CCN(S(=O)(=O)c3ccc(OC(F)(F)F)cc3)CC2)occ1OCc1ccc(F)cc1. The molecule has 1 saturated heterocycles. The van der Waals surface area contributed by atoms with Crippen LogP contribution in [0.4, 0.5) is 17.6 Å². The highest BCUT2D eigenvalue weighted by Crippen LogP contribution is 2.25. The van der Waals surface area contributed by atoms with Crippen molar-refractivity contribution in [1.29, 1.82) is 0 Å². The number of hydrogen-bond acceptors (Lipinski definition) is 7. The van der Waals surface area contributed by atoms with Crippen LogP contribution in [0.2, 0.25) is 0 Å². The number of piperazine rings is 1. The average Bonchev–Trinajstić information content (AvgIpc) is 2.84. The Bertz CT molecular complexity index is 1370. The van der Waals surface area contributed by atoms with Gasteiger partial charge >= 0.3 is 6.36 Å². The van der Waals surface area contributed by atoms with Gasteiger partial charge in [0.1, 0.15) is 30.2 Å². The Kier molecular flexibility index (Phi) is 7.85. The maximum absolute atomic E-state index is 13.0. The maximum Gasteiger partial charge on any atom is 0.573 e. The molecule has 2 heterocycles. The van der Waals surface area contributed by atoms with E-state index in [0.717, 1.165) is 24.3 Å². The van der Waals surface area contributed by atoms with Crippen molar-refractivity contribution < 1.29 is 39.9 Å². The van der Waals surface area contributed by atoms with Crippen molar-refractivity contribution in [2.75, 3.05) is 26.2 Å². The number of benzene rings is 2. The van der Waals surface area contributed by atoms with Crippen LogP contribution in [-0.4, -0.2) is 50.2 Å². The zero-order valence-corrected chi connectivity index (χ0v) is 20.1. The summed E-state index contributed by atoms with van der Waals surface area (Å²) in [6, 6.07) is 11.0. The van der Waals surface area contributed by atoms with Crippen molar-refractivity contribution in [3.05, 3.63) is 88.2 Å². The number of rotatable bonds is 8. The summed E-state index contributed by atoms with van der Waals surface area (Å²) in [4.78, 5) is 14.1. The van der Waals surface area contributed by atoms with Gasteiger partial charge in [-0.2, -0.15) is 4.31 Å². The molecule has 8 nitrogen and oxygen atoms in total. The van der Waals surface area contributed by atoms with Gasteiger partial charge in [0.05, 0.1) is 11.4 Å². The lowest BCUT2D eigenvalue weighted by Crippen LogP contribution is -2.48. The molecule has 1 aliphatic rings. The second kappa shape index (κ2) is 10.9. The van der Waals surface area contributed by atoms with Gasteiger partial charge in [0, 0.05) is 32.2 Å². The predicted molar refractivity (Wildman–Crippen MR) is 123 cm³/mol. The lowest BCUT2D eigenvalue weighted by atomic mass is 10.2. The number of halogens is 4. The van der Waals surface area contributed by atoms with Gasteiger partial charge in [0.25, 0.3) is 0 Å². The summed E-state index contributed by atoms with van der Waals surface area (Å²) in [6.45, 7) is 1.32. The fourth-order valence-corrected chi connectivity index (χ4v) is 5.10. The molecule has 13 heteroatoms. The van der Waals surface area contributed by atoms with Crippen LogP contribution in [0.15, 0.2) is 75.0 Å². The summed E-state index contributed by atoms with van der Waals surface area (Å²) in [6.07, 6.45) is -3.67. The van der Waals surface area contributed by atoms with Crippen LogP contribution < -0.4 is 14.9 Å². The second-order valence-corrected chi connectivity index (χ2v) is 10.1. The summed E-state index contributed by atoms with van der Waals surface area (Å²) in [5.41, 5.74) is 0.297. The third-order valence-electron chi connectivity index (χ3n) is 5.57. The summed E-state index contributed by atoms with van der Waals surface area (Å²) < 4.78 is 91.6. The standard InChI is InChI=1S/C24H22F4N2O6S/c25-18-3-1-17(2-4-18)15-35-23-16-34-20(13-22(23)31)14-29-9-11-30(12-10-29)37(32,33)21-7-5-19(6-8-21)36-24(26,27)28/h1-8,13,16H,9-12,14-15H2. The number of nitrogens with zero attached hydrogens (tertiary/aromatic N) is 2. The number of hydrogen-bond donors (Lipinski definition) is 0. The molecule has 0 unspecified atom stereocenters. The van der Waals surface area contributed by atoms with Gasteiger partial charge < -0.3 is 13.9 Å². The first-order valence-electron chi connectivity index (χ1n) is 11.1. The lowest BCUT2D eigenvalue weighted by Gasteiger charge is -2.33. The van der Waals surface area contributed by atoms with E-state index < -0.39 is 22.1 Å². The zero-order valence-electron chi connectivity index (χ0n) is 19.3. The van der Waals surface area contributed by atoms with Crippen molar-refractivity contribution in [2.45, 2.75) is 24.4 Å². The van der Waals surface area contributed by atoms with Crippen LogP contribution in [-0.2, 0) is 23.2 Å². The van der Waals surface area contributed by atoms with Crippen molar-refractivity contribution in [1.82, 2.24) is 9.21 Å². The molecule has 0 amide bonds. The second-order valence-electron chi connectivity index (χ2n) is 8.19. The quantitative estimate of drug-likeness (QED) is 0.401. The smallest absolute Gasteiger partial charge is 0.482 e. The van der Waals surface area contributed by atoms with E-state index in [2.05, 4.69) is 4.74 Å². The van der Waals surface area contributed by atoms with Crippen LogP contribution >= 0.6 is 0 Å². The molecule has 0 N–H and O–H groups in total. The van der Waals surface area contributed by atoms with Gasteiger partial charge in [-0.25, -0.2) is 12.8 Å². The Balaban J connectivity index is 1.30. The van der Waals surface area contributed by atoms with Crippen molar-refractivity contribution in [3.63, 3.8) is 0 Å². The molecule has 0 radical (unpaired) electrons. The normalized spacial score (nSPS) is 15.5. The molecule has 198 valence electrons. The first-order chi connectivity index (χ1) is 17.5. The average molecular weight is 543 g/mol. The predicted octanol–water partition coefficient (Wildman–Crippen LogP) is 3.76. The molecule has 0 bridgehead atoms. The summed E-state index contributed by atoms with van der Waals surface area (Å²) in [7, 11) is -3.90. The van der Waals surface area contributed by atoms with E-state index in [1.165, 1.54) is 28.8 Å². The number of ether oxygens (including phenoxy) is 2. The van der Waals surface area contributed by atoms with Crippen LogP contribution in [0.25, 0.3) is 0 Å². The lowest BCUT2D eigenvalue weighted by molar-refractivity contribution is -0.274. The molecule has 37 heavy (non-hydrogen) atoms. The van der Waals surface area contributed by atoms with E-state index in [9.17, 15) is 30.8 Å². The van der Waals surface area contributed by atoms with Gasteiger partial charge in [-0.3, -0.25) is 9.69 Å². The van der Waals surface area contributed by atoms with Crippen LogP contribution in [0, 0.1) is 5.82 Å². The molecule has 0 saturated carbocycles. The van der Waals surface area contributed by atoms with Gasteiger partial charge in [0.15, 0.2) is 0 Å². The molecule has 4 rings (SSSR count). The molecular formula is C24H22F4N2O6S. The van der Waals surface area contributed by atoms with Gasteiger partial charge in [-0.1, -0.05) is 12.1 Å². The summed E-state index contributed by atoms with van der Waals surface area (Å²) in [5, 5.41) is 0. The highest BCUT2D eigenvalue weighted by atomic mass is 32.2. The Hall–Kier alpha value is -3.42. The van der Waals surface area contributed by atoms with Crippen LogP contribution in [0.5, 0.6) is 11.5 Å². The highest BCUT2D eigenvalue weighted by Gasteiger charge is 2.32. The topological polar surface area (TPSA) is 89.3 Å². The molecule has 0 aliphatic carbocycles. The first kappa shape index (κ1) is 26.6. The molecule has 0 atom stereocenters. The van der Waals surface area contributed by atoms with Crippen molar-refractivity contribution in [2.24, 2.45) is 0 Å². The molecule has 1 aliphatic heterocycles. The zero-order chi connectivity index (χ0) is 26.6. The molecule has 2 aromatic carbocycles. The molecule has 1 fully saturated rings. The molecule has 3 aromatic rings. The maximum atomic E-state index is 13.0. The van der Waals surface area contributed by atoms with E-state index in [4.69, 9.17) is 9.15 Å². The Morgan fingerprint density at radius 3 is 2.19 bits per heavy atom. The molecule has 0 spiro atoms. The van der Waals surface area contributed by atoms with E-state index >= 15 is 0 Å². The van der Waals surface area contributed by atoms with E-state index in [-0.39, 0.29) is 48.1 Å². The van der Waals surface area contributed by atoms with Gasteiger partial charge in [-0.15, -0.1) is 13.2 Å². The summed E-state index contributed by atoms with van der Waals surface area (Å²) >= 11 is 0. The Morgan fingerprint density at radius 2 is 1.59 bits per heavy atom. The summed E-state index contributed by atoms with van der Waals surface area (Å²) in [5.74, 6) is -0.504. The van der Waals surface area contributed by atoms with E-state index in [1.54, 1.807) is 12.1 Å². The fraction of sp³-hybridized carbons (Fsp3) is 0.292. The minimum absolute atomic E-state index is 0.00985.